The molecule has 2 aromatic rings. The van der Waals surface area contributed by atoms with E-state index in [-0.39, 0.29) is 17.9 Å². The Bertz CT molecular complexity index is 889. The van der Waals surface area contributed by atoms with E-state index in [1.54, 1.807) is 0 Å². The lowest BCUT2D eigenvalue weighted by molar-refractivity contribution is -0.158. The van der Waals surface area contributed by atoms with Crippen LogP contribution in [0.1, 0.15) is 43.7 Å². The van der Waals surface area contributed by atoms with Gasteiger partial charge >= 0.3 is 5.97 Å². The lowest BCUT2D eigenvalue weighted by atomic mass is 9.57. The van der Waals surface area contributed by atoms with Crippen LogP contribution in [-0.2, 0) is 21.4 Å². The second-order valence-electron chi connectivity index (χ2n) is 8.14. The number of carbonyl (C=O) groups excluding carboxylic acids is 1. The number of para-hydroxylation sites is 1. The number of rotatable bonds is 2. The molecule has 1 aliphatic carbocycles. The summed E-state index contributed by atoms with van der Waals surface area (Å²) in [6, 6.07) is 8.30. The minimum absolute atomic E-state index is 0.0630. The van der Waals surface area contributed by atoms with Crippen molar-refractivity contribution >= 4 is 16.9 Å². The molecule has 1 fully saturated rings. The molecule has 138 valence electrons. The third kappa shape index (κ3) is 1.80. The predicted octanol–water partition coefficient (Wildman–Crippen LogP) is 2.51. The summed E-state index contributed by atoms with van der Waals surface area (Å²) < 4.78 is 7.45. The first-order valence-corrected chi connectivity index (χ1v) is 9.75. The normalized spacial score (nSPS) is 35.2. The zero-order valence-corrected chi connectivity index (χ0v) is 15.4. The molecule has 2 bridgehead atoms. The summed E-state index contributed by atoms with van der Waals surface area (Å²) in [4.78, 5) is 13.3. The topological polar surface area (TPSA) is 63.5 Å². The molecule has 1 saturated carbocycles. The van der Waals surface area contributed by atoms with Crippen molar-refractivity contribution in [2.45, 2.75) is 50.3 Å². The van der Waals surface area contributed by atoms with Gasteiger partial charge in [0.05, 0.1) is 12.6 Å². The van der Waals surface area contributed by atoms with E-state index in [2.05, 4.69) is 28.9 Å². The Labute approximate surface area is 153 Å². The number of fused-ring (bicyclic) bond motifs is 4. The Morgan fingerprint density at radius 2 is 2.23 bits per heavy atom. The third-order valence-corrected chi connectivity index (χ3v) is 7.13. The number of aromatic nitrogens is 1. The van der Waals surface area contributed by atoms with Gasteiger partial charge in [-0.15, -0.1) is 0 Å². The quantitative estimate of drug-likeness (QED) is 0.814. The van der Waals surface area contributed by atoms with Gasteiger partial charge in [-0.3, -0.25) is 4.79 Å². The number of ether oxygens (including phenoxy) is 1. The Morgan fingerprint density at radius 3 is 3.00 bits per heavy atom. The standard InChI is InChI=1S/C21H26N2O3/c1-3-12-10-13-11-21(20(25)26-2)17(12)22-9-8-15-14-6-4-5-7-16(14)23(18(15)21)19(13)24/h4-7,12-13,17,19,22,24H,3,8-11H2,1-2H3/t12-,13+,17-,19-,21-/m0/s1. The Balaban J connectivity index is 1.91. The van der Waals surface area contributed by atoms with Crippen molar-refractivity contribution in [3.8, 4) is 0 Å². The molecule has 5 nitrogen and oxygen atoms in total. The maximum atomic E-state index is 13.3. The molecule has 1 aromatic carbocycles. The molecule has 1 aromatic heterocycles. The summed E-state index contributed by atoms with van der Waals surface area (Å²) in [5.74, 6) is 0.281. The average Bonchev–Trinajstić information content (AvgIpc) is 2.89. The monoisotopic (exact) mass is 354 g/mol. The summed E-state index contributed by atoms with van der Waals surface area (Å²) >= 11 is 0. The summed E-state index contributed by atoms with van der Waals surface area (Å²) in [5, 5.41) is 16.1. The van der Waals surface area contributed by atoms with Crippen LogP contribution >= 0.6 is 0 Å². The molecule has 5 heteroatoms. The number of hydrogen-bond donors (Lipinski definition) is 2. The highest BCUT2D eigenvalue weighted by molar-refractivity contribution is 5.92. The van der Waals surface area contributed by atoms with Crippen LogP contribution in [0.15, 0.2) is 24.3 Å². The van der Waals surface area contributed by atoms with Gasteiger partial charge < -0.3 is 19.7 Å². The van der Waals surface area contributed by atoms with Gasteiger partial charge in [0, 0.05) is 23.0 Å². The molecule has 3 heterocycles. The minimum Gasteiger partial charge on any atom is -0.468 e. The molecule has 0 radical (unpaired) electrons. The maximum Gasteiger partial charge on any atom is 0.319 e. The van der Waals surface area contributed by atoms with Crippen LogP contribution in [0.3, 0.4) is 0 Å². The molecule has 0 spiro atoms. The second-order valence-corrected chi connectivity index (χ2v) is 8.14. The fraction of sp³-hybridized carbons (Fsp3) is 0.571. The van der Waals surface area contributed by atoms with Gasteiger partial charge in [-0.1, -0.05) is 31.5 Å². The first kappa shape index (κ1) is 16.3. The fourth-order valence-electron chi connectivity index (χ4n) is 6.16. The molecule has 5 rings (SSSR count). The van der Waals surface area contributed by atoms with Gasteiger partial charge in [-0.2, -0.15) is 0 Å². The molecule has 0 saturated heterocycles. The van der Waals surface area contributed by atoms with Gasteiger partial charge in [0.1, 0.15) is 11.6 Å². The number of methoxy groups -OCH3 is 1. The molecular weight excluding hydrogens is 328 g/mol. The number of esters is 1. The van der Waals surface area contributed by atoms with Gasteiger partial charge in [-0.05, 0) is 43.4 Å². The Kier molecular flexibility index (Phi) is 3.50. The number of hydrogen-bond acceptors (Lipinski definition) is 4. The van der Waals surface area contributed by atoms with E-state index in [1.165, 1.54) is 12.7 Å². The van der Waals surface area contributed by atoms with Crippen molar-refractivity contribution in [3.63, 3.8) is 0 Å². The van der Waals surface area contributed by atoms with E-state index in [0.717, 1.165) is 42.4 Å². The van der Waals surface area contributed by atoms with Crippen LogP contribution in [0.25, 0.3) is 10.9 Å². The van der Waals surface area contributed by atoms with Crippen molar-refractivity contribution in [1.29, 1.82) is 0 Å². The average molecular weight is 354 g/mol. The molecule has 3 aliphatic rings. The van der Waals surface area contributed by atoms with E-state index < -0.39 is 11.6 Å². The van der Waals surface area contributed by atoms with Crippen molar-refractivity contribution < 1.29 is 14.6 Å². The van der Waals surface area contributed by atoms with Gasteiger partial charge in [0.25, 0.3) is 0 Å². The smallest absolute Gasteiger partial charge is 0.319 e. The van der Waals surface area contributed by atoms with E-state index in [4.69, 9.17) is 4.74 Å². The van der Waals surface area contributed by atoms with Crippen LogP contribution in [0.2, 0.25) is 0 Å². The molecule has 0 unspecified atom stereocenters. The Morgan fingerprint density at radius 1 is 1.42 bits per heavy atom. The molecule has 5 atom stereocenters. The van der Waals surface area contributed by atoms with Crippen molar-refractivity contribution in [2.24, 2.45) is 11.8 Å². The zero-order chi connectivity index (χ0) is 18.1. The number of nitrogens with zero attached hydrogens (tertiary/aromatic N) is 1. The van der Waals surface area contributed by atoms with Gasteiger partial charge in [-0.25, -0.2) is 0 Å². The van der Waals surface area contributed by atoms with Crippen LogP contribution < -0.4 is 5.32 Å². The van der Waals surface area contributed by atoms with E-state index in [9.17, 15) is 9.90 Å². The zero-order valence-electron chi connectivity index (χ0n) is 15.4. The minimum atomic E-state index is -0.706. The number of carbonyl (C=O) groups is 1. The first-order valence-electron chi connectivity index (χ1n) is 9.75. The van der Waals surface area contributed by atoms with E-state index >= 15 is 0 Å². The number of aliphatic hydroxyl groups excluding tert-OH is 1. The lowest BCUT2D eigenvalue weighted by Crippen LogP contribution is -2.63. The largest absolute Gasteiger partial charge is 0.468 e. The van der Waals surface area contributed by atoms with Crippen LogP contribution in [0.5, 0.6) is 0 Å². The number of aliphatic hydroxyl groups is 1. The molecule has 26 heavy (non-hydrogen) atoms. The predicted molar refractivity (Wildman–Crippen MR) is 98.9 cm³/mol. The van der Waals surface area contributed by atoms with Crippen LogP contribution in [-0.4, -0.2) is 35.3 Å². The summed E-state index contributed by atoms with van der Waals surface area (Å²) in [6.07, 6.45) is 2.89. The fourth-order valence-corrected chi connectivity index (χ4v) is 6.16. The highest BCUT2D eigenvalue weighted by Gasteiger charge is 2.62. The van der Waals surface area contributed by atoms with Crippen LogP contribution in [0, 0.1) is 11.8 Å². The molecule has 0 amide bonds. The van der Waals surface area contributed by atoms with Crippen molar-refractivity contribution in [3.05, 3.63) is 35.5 Å². The van der Waals surface area contributed by atoms with Crippen molar-refractivity contribution in [2.75, 3.05) is 13.7 Å². The highest BCUT2D eigenvalue weighted by atomic mass is 16.5. The lowest BCUT2D eigenvalue weighted by Gasteiger charge is -2.53. The summed E-state index contributed by atoms with van der Waals surface area (Å²) in [5.41, 5.74) is 2.54. The van der Waals surface area contributed by atoms with Gasteiger partial charge in [0.2, 0.25) is 0 Å². The van der Waals surface area contributed by atoms with Gasteiger partial charge in [0.15, 0.2) is 0 Å². The van der Waals surface area contributed by atoms with Crippen molar-refractivity contribution in [1.82, 2.24) is 9.88 Å². The molecule has 2 N–H and O–H groups in total. The molecule has 2 aliphatic heterocycles. The Hall–Kier alpha value is -1.85. The first-order chi connectivity index (χ1) is 12.6. The SMILES string of the molecule is CC[C@H]1C[C@@H]2C[C@@]3(C(=O)OC)c4c(c5ccccc5n4[C@H]2O)CCN[C@@H]13. The van der Waals surface area contributed by atoms with E-state index in [1.807, 2.05) is 12.1 Å². The number of benzene rings is 1. The molecular formula is C21H26N2O3. The second kappa shape index (κ2) is 5.57. The van der Waals surface area contributed by atoms with E-state index in [0.29, 0.717) is 12.3 Å². The van der Waals surface area contributed by atoms with Crippen LogP contribution in [0.4, 0.5) is 0 Å². The third-order valence-electron chi connectivity index (χ3n) is 7.13. The number of nitrogens with one attached hydrogen (secondary N) is 1. The maximum absolute atomic E-state index is 13.3. The highest BCUT2D eigenvalue weighted by Crippen LogP contribution is 2.56. The summed E-state index contributed by atoms with van der Waals surface area (Å²) in [7, 11) is 1.49. The summed E-state index contributed by atoms with van der Waals surface area (Å²) in [6.45, 7) is 3.04.